The third-order valence-corrected chi connectivity index (χ3v) is 3.21. The van der Waals surface area contributed by atoms with Crippen molar-refractivity contribution >= 4 is 6.08 Å². The van der Waals surface area contributed by atoms with E-state index in [1.807, 2.05) is 24.3 Å². The largest absolute Gasteiger partial charge is 0.504 e. The van der Waals surface area contributed by atoms with Crippen LogP contribution < -0.4 is 10.1 Å². The van der Waals surface area contributed by atoms with Crippen LogP contribution in [-0.4, -0.2) is 25.3 Å². The number of aromatic hydroxyl groups is 1. The molecule has 0 aromatic heterocycles. The predicted octanol–water partition coefficient (Wildman–Crippen LogP) is 3.25. The second-order valence-electron chi connectivity index (χ2n) is 4.77. The third kappa shape index (κ3) is 4.97. The maximum Gasteiger partial charge on any atom is 0.161 e. The van der Waals surface area contributed by atoms with Crippen LogP contribution in [0.2, 0.25) is 0 Å². The van der Waals surface area contributed by atoms with Crippen molar-refractivity contribution in [1.82, 2.24) is 5.32 Å². The highest BCUT2D eigenvalue weighted by atomic mass is 16.5. The average Bonchev–Trinajstić information content (AvgIpc) is 2.53. The Morgan fingerprint density at radius 3 is 2.71 bits per heavy atom. The zero-order chi connectivity index (χ0) is 14.9. The highest BCUT2D eigenvalue weighted by Crippen LogP contribution is 2.26. The summed E-state index contributed by atoms with van der Waals surface area (Å²) in [5.41, 5.74) is 2.35. The van der Waals surface area contributed by atoms with E-state index in [4.69, 9.17) is 4.74 Å². The Balaban J connectivity index is 1.73. The molecule has 0 saturated carbocycles. The lowest BCUT2D eigenvalue weighted by Gasteiger charge is -2.04. The van der Waals surface area contributed by atoms with Gasteiger partial charge in [0.05, 0.1) is 7.11 Å². The van der Waals surface area contributed by atoms with E-state index < -0.39 is 0 Å². The first-order valence-corrected chi connectivity index (χ1v) is 7.08. The quantitative estimate of drug-likeness (QED) is 0.766. The first-order chi connectivity index (χ1) is 10.3. The topological polar surface area (TPSA) is 41.5 Å². The van der Waals surface area contributed by atoms with Crippen molar-refractivity contribution in [1.29, 1.82) is 0 Å². The van der Waals surface area contributed by atoms with Crippen molar-refractivity contribution in [3.05, 3.63) is 65.7 Å². The van der Waals surface area contributed by atoms with E-state index in [1.165, 1.54) is 5.56 Å². The van der Waals surface area contributed by atoms with Gasteiger partial charge in [0, 0.05) is 6.54 Å². The standard InChI is InChI=1S/C18H21NO2/c1-21-18-14-16(9-10-17(18)20)8-5-12-19-13-11-15-6-3-2-4-7-15/h2-10,14,19-20H,11-13H2,1H3. The molecular weight excluding hydrogens is 262 g/mol. The van der Waals surface area contributed by atoms with Crippen LogP contribution in [0.4, 0.5) is 0 Å². The fraction of sp³-hybridized carbons (Fsp3) is 0.222. The Hall–Kier alpha value is -2.26. The van der Waals surface area contributed by atoms with Crippen LogP contribution >= 0.6 is 0 Å². The highest BCUT2D eigenvalue weighted by Gasteiger charge is 1.99. The van der Waals surface area contributed by atoms with Gasteiger partial charge in [-0.2, -0.15) is 0 Å². The lowest BCUT2D eigenvalue weighted by molar-refractivity contribution is 0.373. The number of phenolic OH excluding ortho intramolecular Hbond substituents is 1. The van der Waals surface area contributed by atoms with Crippen LogP contribution in [0.1, 0.15) is 11.1 Å². The summed E-state index contributed by atoms with van der Waals surface area (Å²) in [5, 5.41) is 12.9. The molecule has 0 heterocycles. The van der Waals surface area contributed by atoms with Crippen molar-refractivity contribution in [2.24, 2.45) is 0 Å². The summed E-state index contributed by atoms with van der Waals surface area (Å²) in [4.78, 5) is 0. The van der Waals surface area contributed by atoms with Crippen molar-refractivity contribution in [3.8, 4) is 11.5 Å². The summed E-state index contributed by atoms with van der Waals surface area (Å²) in [6, 6.07) is 15.8. The molecule has 21 heavy (non-hydrogen) atoms. The van der Waals surface area contributed by atoms with E-state index in [0.29, 0.717) is 5.75 Å². The Kier molecular flexibility index (Phi) is 5.85. The summed E-state index contributed by atoms with van der Waals surface area (Å²) in [7, 11) is 1.55. The Labute approximate surface area is 125 Å². The molecule has 0 spiro atoms. The van der Waals surface area contributed by atoms with Crippen molar-refractivity contribution < 1.29 is 9.84 Å². The lowest BCUT2D eigenvalue weighted by Crippen LogP contribution is -2.16. The molecule has 2 rings (SSSR count). The molecule has 110 valence electrons. The molecule has 0 aliphatic heterocycles. The number of ether oxygens (including phenoxy) is 1. The summed E-state index contributed by atoms with van der Waals surface area (Å²) in [5.74, 6) is 0.657. The minimum atomic E-state index is 0.163. The van der Waals surface area contributed by atoms with E-state index in [1.54, 1.807) is 13.2 Å². The molecule has 0 unspecified atom stereocenters. The minimum Gasteiger partial charge on any atom is -0.504 e. The minimum absolute atomic E-state index is 0.163. The van der Waals surface area contributed by atoms with Crippen LogP contribution in [0.25, 0.3) is 6.08 Å². The van der Waals surface area contributed by atoms with Crippen molar-refractivity contribution in [2.45, 2.75) is 6.42 Å². The molecule has 2 N–H and O–H groups in total. The number of hydrogen-bond acceptors (Lipinski definition) is 3. The maximum absolute atomic E-state index is 9.52. The van der Waals surface area contributed by atoms with Gasteiger partial charge < -0.3 is 15.2 Å². The fourth-order valence-corrected chi connectivity index (χ4v) is 2.06. The van der Waals surface area contributed by atoms with Gasteiger partial charge in [-0.3, -0.25) is 0 Å². The van der Waals surface area contributed by atoms with E-state index in [-0.39, 0.29) is 5.75 Å². The van der Waals surface area contributed by atoms with Gasteiger partial charge in [0.1, 0.15) is 0 Å². The van der Waals surface area contributed by atoms with Crippen LogP contribution in [0.3, 0.4) is 0 Å². The van der Waals surface area contributed by atoms with E-state index in [9.17, 15) is 5.11 Å². The van der Waals surface area contributed by atoms with Gasteiger partial charge in [0.2, 0.25) is 0 Å². The first kappa shape index (κ1) is 15.1. The number of methoxy groups -OCH3 is 1. The zero-order valence-electron chi connectivity index (χ0n) is 12.3. The van der Waals surface area contributed by atoms with Gasteiger partial charge in [-0.15, -0.1) is 0 Å². The van der Waals surface area contributed by atoms with Gasteiger partial charge in [0.25, 0.3) is 0 Å². The highest BCUT2D eigenvalue weighted by molar-refractivity contribution is 5.55. The molecule has 0 aliphatic carbocycles. The number of hydrogen-bond donors (Lipinski definition) is 2. The molecule has 0 saturated heterocycles. The number of nitrogens with one attached hydrogen (secondary N) is 1. The molecule has 2 aromatic carbocycles. The monoisotopic (exact) mass is 283 g/mol. The number of rotatable bonds is 7. The molecule has 3 heteroatoms. The fourth-order valence-electron chi connectivity index (χ4n) is 2.06. The SMILES string of the molecule is COc1cc(C=CCNCCc2ccccc2)ccc1O. The zero-order valence-corrected chi connectivity index (χ0v) is 12.3. The molecular formula is C18H21NO2. The summed E-state index contributed by atoms with van der Waals surface area (Å²) in [6.45, 7) is 1.77. The van der Waals surface area contributed by atoms with Crippen LogP contribution in [0.15, 0.2) is 54.6 Å². The average molecular weight is 283 g/mol. The van der Waals surface area contributed by atoms with Gasteiger partial charge in [-0.05, 0) is 36.2 Å². The summed E-state index contributed by atoms with van der Waals surface area (Å²) in [6.07, 6.45) is 5.11. The van der Waals surface area contributed by atoms with Crippen molar-refractivity contribution in [2.75, 3.05) is 20.2 Å². The molecule has 0 fully saturated rings. The summed E-state index contributed by atoms with van der Waals surface area (Å²) < 4.78 is 5.08. The van der Waals surface area contributed by atoms with E-state index >= 15 is 0 Å². The van der Waals surface area contributed by atoms with E-state index in [0.717, 1.165) is 25.1 Å². The van der Waals surface area contributed by atoms with Crippen LogP contribution in [0.5, 0.6) is 11.5 Å². The molecule has 0 amide bonds. The Morgan fingerprint density at radius 2 is 1.95 bits per heavy atom. The smallest absolute Gasteiger partial charge is 0.161 e. The van der Waals surface area contributed by atoms with Crippen molar-refractivity contribution in [3.63, 3.8) is 0 Å². The molecule has 0 atom stereocenters. The normalized spacial score (nSPS) is 10.9. The number of phenols is 1. The second kappa shape index (κ2) is 8.12. The molecule has 0 aliphatic rings. The third-order valence-electron chi connectivity index (χ3n) is 3.21. The van der Waals surface area contributed by atoms with Crippen LogP contribution in [0, 0.1) is 0 Å². The van der Waals surface area contributed by atoms with E-state index in [2.05, 4.69) is 35.7 Å². The maximum atomic E-state index is 9.52. The Bertz CT molecular complexity index is 579. The first-order valence-electron chi connectivity index (χ1n) is 7.08. The van der Waals surface area contributed by atoms with Gasteiger partial charge >= 0.3 is 0 Å². The number of benzene rings is 2. The van der Waals surface area contributed by atoms with Gasteiger partial charge in [-0.25, -0.2) is 0 Å². The molecule has 2 aromatic rings. The van der Waals surface area contributed by atoms with Gasteiger partial charge in [-0.1, -0.05) is 48.6 Å². The summed E-state index contributed by atoms with van der Waals surface area (Å²) >= 11 is 0. The molecule has 3 nitrogen and oxygen atoms in total. The molecule has 0 radical (unpaired) electrons. The Morgan fingerprint density at radius 1 is 1.14 bits per heavy atom. The van der Waals surface area contributed by atoms with Crippen LogP contribution in [-0.2, 0) is 6.42 Å². The second-order valence-corrected chi connectivity index (χ2v) is 4.77. The molecule has 0 bridgehead atoms. The lowest BCUT2D eigenvalue weighted by atomic mass is 10.1. The van der Waals surface area contributed by atoms with Gasteiger partial charge in [0.15, 0.2) is 11.5 Å². The predicted molar refractivity (Wildman–Crippen MR) is 86.7 cm³/mol.